The number of hydrogen-bond acceptors (Lipinski definition) is 0. The fourth-order valence-electron chi connectivity index (χ4n) is 1.39. The van der Waals surface area contributed by atoms with Gasteiger partial charge in [-0.2, -0.15) is 0 Å². The van der Waals surface area contributed by atoms with E-state index in [0.717, 1.165) is 0 Å². The van der Waals surface area contributed by atoms with Gasteiger partial charge in [0.25, 0.3) is 0 Å². The minimum atomic E-state index is 1.28. The molecule has 3 heteroatoms. The Bertz CT molecular complexity index is 229. The molecule has 1 aliphatic rings. The molecule has 0 aliphatic heterocycles. The SMILES string of the molecule is C[n+]1[nH]pc2c1CCC2. The molecular formula is C6H10N2P+. The highest BCUT2D eigenvalue weighted by molar-refractivity contribution is 7.26. The maximum atomic E-state index is 3.25. The van der Waals surface area contributed by atoms with Crippen LogP contribution < -0.4 is 4.68 Å². The van der Waals surface area contributed by atoms with Gasteiger partial charge in [0.2, 0.25) is 5.69 Å². The number of fused-ring (bicyclic) bond motifs is 1. The molecule has 9 heavy (non-hydrogen) atoms. The summed E-state index contributed by atoms with van der Waals surface area (Å²) in [4.78, 5) is 3.25. The van der Waals surface area contributed by atoms with Crippen molar-refractivity contribution in [2.24, 2.45) is 7.05 Å². The molecule has 2 rings (SSSR count). The second-order valence-corrected chi connectivity index (χ2v) is 3.48. The van der Waals surface area contributed by atoms with Crippen LogP contribution in [0.3, 0.4) is 0 Å². The van der Waals surface area contributed by atoms with Crippen LogP contribution in [0.1, 0.15) is 17.4 Å². The van der Waals surface area contributed by atoms with Crippen molar-refractivity contribution in [3.05, 3.63) is 11.0 Å². The van der Waals surface area contributed by atoms with Crippen molar-refractivity contribution >= 4 is 8.35 Å². The molecule has 0 radical (unpaired) electrons. The Hall–Kier alpha value is -0.360. The van der Waals surface area contributed by atoms with Crippen LogP contribution in [-0.4, -0.2) is 4.86 Å². The Labute approximate surface area is 56.0 Å². The topological polar surface area (TPSA) is 19.7 Å². The molecule has 2 nitrogen and oxygen atoms in total. The zero-order chi connectivity index (χ0) is 6.27. The second-order valence-electron chi connectivity index (χ2n) is 2.52. The van der Waals surface area contributed by atoms with Crippen molar-refractivity contribution in [2.75, 3.05) is 0 Å². The van der Waals surface area contributed by atoms with Gasteiger partial charge < -0.3 is 0 Å². The highest BCUT2D eigenvalue weighted by atomic mass is 31.0. The Balaban J connectivity index is 2.56. The van der Waals surface area contributed by atoms with Gasteiger partial charge in [-0.15, -0.1) is 9.54 Å². The first-order valence-corrected chi connectivity index (χ1v) is 4.19. The van der Waals surface area contributed by atoms with Gasteiger partial charge in [-0.3, -0.25) is 0 Å². The molecule has 0 fully saturated rings. The Morgan fingerprint density at radius 3 is 3.22 bits per heavy atom. The van der Waals surface area contributed by atoms with Crippen molar-refractivity contribution in [2.45, 2.75) is 19.3 Å². The maximum Gasteiger partial charge on any atom is 0.215 e. The molecule has 0 atom stereocenters. The average Bonchev–Trinajstić information content (AvgIpc) is 2.35. The third-order valence-electron chi connectivity index (χ3n) is 1.90. The lowest BCUT2D eigenvalue weighted by atomic mass is 10.4. The number of aryl methyl sites for hydroxylation is 2. The Morgan fingerprint density at radius 2 is 2.44 bits per heavy atom. The molecule has 1 aliphatic carbocycles. The summed E-state index contributed by atoms with van der Waals surface area (Å²) in [6.45, 7) is 0. The van der Waals surface area contributed by atoms with E-state index < -0.39 is 0 Å². The van der Waals surface area contributed by atoms with E-state index in [1.54, 1.807) is 5.30 Å². The predicted molar refractivity (Wildman–Crippen MR) is 36.5 cm³/mol. The van der Waals surface area contributed by atoms with E-state index in [1.165, 1.54) is 33.3 Å². The Morgan fingerprint density at radius 1 is 1.56 bits per heavy atom. The van der Waals surface area contributed by atoms with E-state index in [2.05, 4.69) is 16.6 Å². The molecule has 1 aromatic rings. The van der Waals surface area contributed by atoms with Gasteiger partial charge >= 0.3 is 0 Å². The fraction of sp³-hybridized carbons (Fsp3) is 0.667. The number of nitrogens with zero attached hydrogens (tertiary/aromatic N) is 1. The molecule has 0 saturated carbocycles. The lowest BCUT2D eigenvalue weighted by Crippen LogP contribution is -2.33. The van der Waals surface area contributed by atoms with Crippen LogP contribution in [0.25, 0.3) is 0 Å². The van der Waals surface area contributed by atoms with Gasteiger partial charge in [0, 0.05) is 6.42 Å². The fourth-order valence-corrected chi connectivity index (χ4v) is 2.44. The first-order valence-electron chi connectivity index (χ1n) is 3.30. The van der Waals surface area contributed by atoms with E-state index in [9.17, 15) is 0 Å². The molecule has 0 bridgehead atoms. The normalized spacial score (nSPS) is 17.0. The van der Waals surface area contributed by atoms with Crippen LogP contribution in [0.4, 0.5) is 0 Å². The summed E-state index contributed by atoms with van der Waals surface area (Å²) in [5.41, 5.74) is 1.54. The van der Waals surface area contributed by atoms with Crippen molar-refractivity contribution in [3.63, 3.8) is 0 Å². The minimum Gasteiger partial charge on any atom is -0.149 e. The zero-order valence-electron chi connectivity index (χ0n) is 5.52. The predicted octanol–water partition coefficient (Wildman–Crippen LogP) is 0.908. The monoisotopic (exact) mass is 141 g/mol. The van der Waals surface area contributed by atoms with Crippen molar-refractivity contribution in [1.29, 1.82) is 0 Å². The molecule has 48 valence electrons. The molecule has 0 amide bonds. The van der Waals surface area contributed by atoms with Crippen LogP contribution in [-0.2, 0) is 19.9 Å². The third-order valence-corrected chi connectivity index (χ3v) is 3.05. The van der Waals surface area contributed by atoms with Gasteiger partial charge in [0.05, 0.1) is 13.6 Å². The van der Waals surface area contributed by atoms with Crippen LogP contribution >= 0.6 is 8.35 Å². The summed E-state index contributed by atoms with van der Waals surface area (Å²) < 4.78 is 2.16. The van der Waals surface area contributed by atoms with Crippen molar-refractivity contribution < 1.29 is 4.68 Å². The first-order chi connectivity index (χ1) is 4.38. The molecule has 0 unspecified atom stereocenters. The van der Waals surface area contributed by atoms with E-state index in [0.29, 0.717) is 0 Å². The summed E-state index contributed by atoms with van der Waals surface area (Å²) in [6.07, 6.45) is 3.96. The van der Waals surface area contributed by atoms with Crippen molar-refractivity contribution in [3.8, 4) is 0 Å². The summed E-state index contributed by atoms with van der Waals surface area (Å²) in [7, 11) is 3.43. The molecule has 1 N–H and O–H groups in total. The molecule has 1 heterocycles. The van der Waals surface area contributed by atoms with Crippen LogP contribution in [0.5, 0.6) is 0 Å². The highest BCUT2D eigenvalue weighted by Gasteiger charge is 2.21. The Kier molecular flexibility index (Phi) is 1.09. The van der Waals surface area contributed by atoms with E-state index in [4.69, 9.17) is 0 Å². The van der Waals surface area contributed by atoms with Crippen molar-refractivity contribution in [1.82, 2.24) is 4.86 Å². The molecule has 0 saturated heterocycles. The molecular weight excluding hydrogens is 131 g/mol. The van der Waals surface area contributed by atoms with Crippen LogP contribution in [0.15, 0.2) is 0 Å². The van der Waals surface area contributed by atoms with Crippen LogP contribution in [0.2, 0.25) is 0 Å². The number of H-pyrrole nitrogens is 1. The number of aromatic amines is 1. The number of hydrogen-bond donors (Lipinski definition) is 1. The lowest BCUT2D eigenvalue weighted by molar-refractivity contribution is -0.729. The maximum absolute atomic E-state index is 3.25. The van der Waals surface area contributed by atoms with Gasteiger partial charge in [-0.1, -0.05) is 0 Å². The average molecular weight is 141 g/mol. The zero-order valence-corrected chi connectivity index (χ0v) is 6.41. The van der Waals surface area contributed by atoms with E-state index in [1.807, 2.05) is 0 Å². The largest absolute Gasteiger partial charge is 0.215 e. The van der Waals surface area contributed by atoms with E-state index in [-0.39, 0.29) is 0 Å². The number of aromatic nitrogens is 2. The summed E-state index contributed by atoms with van der Waals surface area (Å²) in [6, 6.07) is 0. The van der Waals surface area contributed by atoms with E-state index >= 15 is 0 Å². The highest BCUT2D eigenvalue weighted by Crippen LogP contribution is 2.23. The first kappa shape index (κ1) is 5.43. The molecule has 0 aromatic carbocycles. The van der Waals surface area contributed by atoms with Gasteiger partial charge in [0.1, 0.15) is 0 Å². The third kappa shape index (κ3) is 0.699. The van der Waals surface area contributed by atoms with Gasteiger partial charge in [-0.25, -0.2) is 0 Å². The standard InChI is InChI=1S/C6H9N2P/c1-8-5-3-2-4-6(5)9-7-8/h2-4H2,1H3/p+1. The summed E-state index contributed by atoms with van der Waals surface area (Å²) in [5, 5.41) is 1.61. The van der Waals surface area contributed by atoms with Gasteiger partial charge in [-0.05, 0) is 12.8 Å². The number of nitrogens with one attached hydrogen (secondary N) is 1. The summed E-state index contributed by atoms with van der Waals surface area (Å²) >= 11 is 0. The quantitative estimate of drug-likeness (QED) is 0.518. The van der Waals surface area contributed by atoms with Crippen LogP contribution in [0, 0.1) is 0 Å². The number of rotatable bonds is 0. The minimum absolute atomic E-state index is 1.28. The van der Waals surface area contributed by atoms with Gasteiger partial charge in [0.15, 0.2) is 7.05 Å². The summed E-state index contributed by atoms with van der Waals surface area (Å²) in [5.74, 6) is 0. The lowest BCUT2D eigenvalue weighted by Gasteiger charge is -1.80. The smallest absolute Gasteiger partial charge is 0.149 e. The second kappa shape index (κ2) is 1.81. The molecule has 0 spiro atoms. The molecule has 1 aromatic heterocycles.